The highest BCUT2D eigenvalue weighted by Gasteiger charge is 2.20. The van der Waals surface area contributed by atoms with Crippen LogP contribution in [0.3, 0.4) is 0 Å². The lowest BCUT2D eigenvalue weighted by atomic mass is 10.1. The Labute approximate surface area is 112 Å². The second-order valence-corrected chi connectivity index (χ2v) is 4.95. The van der Waals surface area contributed by atoms with Crippen molar-refractivity contribution in [3.63, 3.8) is 0 Å². The number of carbonyl (C=O) groups excluding carboxylic acids is 1. The van der Waals surface area contributed by atoms with Gasteiger partial charge in [-0.05, 0) is 39.0 Å². The predicted molar refractivity (Wildman–Crippen MR) is 71.2 cm³/mol. The molecule has 0 spiro atoms. The van der Waals surface area contributed by atoms with Crippen LogP contribution in [0.5, 0.6) is 5.75 Å². The molecule has 0 aromatic heterocycles. The topological polar surface area (TPSA) is 58.6 Å². The third kappa shape index (κ3) is 4.20. The number of hydrogen-bond acceptors (Lipinski definition) is 3. The largest absolute Gasteiger partial charge is 0.508 e. The first-order chi connectivity index (χ1) is 8.35. The molecule has 0 bridgehead atoms. The number of halogens is 1. The Morgan fingerprint density at radius 1 is 1.50 bits per heavy atom. The monoisotopic (exact) mass is 271 g/mol. The van der Waals surface area contributed by atoms with Crippen molar-refractivity contribution in [3.8, 4) is 5.75 Å². The summed E-state index contributed by atoms with van der Waals surface area (Å²) in [5, 5.41) is 12.4. The number of hydrogen-bond donors (Lipinski definition) is 2. The molecule has 0 aliphatic carbocycles. The van der Waals surface area contributed by atoms with Gasteiger partial charge in [-0.15, -0.1) is 0 Å². The number of phenols is 1. The summed E-state index contributed by atoms with van der Waals surface area (Å²) in [4.78, 5) is 11.9. The van der Waals surface area contributed by atoms with Crippen LogP contribution in [0.25, 0.3) is 0 Å². The van der Waals surface area contributed by atoms with Gasteiger partial charge in [-0.25, -0.2) is 0 Å². The van der Waals surface area contributed by atoms with Crippen molar-refractivity contribution in [1.82, 2.24) is 5.32 Å². The van der Waals surface area contributed by atoms with E-state index in [1.54, 1.807) is 0 Å². The van der Waals surface area contributed by atoms with Crippen LogP contribution < -0.4 is 5.32 Å². The van der Waals surface area contributed by atoms with Crippen molar-refractivity contribution in [2.45, 2.75) is 26.4 Å². The van der Waals surface area contributed by atoms with Crippen molar-refractivity contribution in [2.24, 2.45) is 0 Å². The highest BCUT2D eigenvalue weighted by molar-refractivity contribution is 6.33. The minimum Gasteiger partial charge on any atom is -0.508 e. The van der Waals surface area contributed by atoms with E-state index >= 15 is 0 Å². The molecule has 1 aromatic rings. The number of ether oxygens (including phenoxy) is 1. The van der Waals surface area contributed by atoms with Crippen LogP contribution in [0, 0.1) is 0 Å². The molecule has 5 heteroatoms. The van der Waals surface area contributed by atoms with Crippen molar-refractivity contribution >= 4 is 17.5 Å². The Hall–Kier alpha value is -1.26. The Balaban J connectivity index is 2.69. The Morgan fingerprint density at radius 3 is 2.78 bits per heavy atom. The maximum atomic E-state index is 11.9. The number of nitrogens with one attached hydrogen (secondary N) is 1. The molecule has 1 amide bonds. The smallest absolute Gasteiger partial charge is 0.253 e. The van der Waals surface area contributed by atoms with E-state index in [2.05, 4.69) is 5.32 Å². The van der Waals surface area contributed by atoms with E-state index in [-0.39, 0.29) is 17.2 Å². The van der Waals surface area contributed by atoms with Gasteiger partial charge in [0.05, 0.1) is 16.2 Å². The summed E-state index contributed by atoms with van der Waals surface area (Å²) in [6.45, 7) is 6.62. The van der Waals surface area contributed by atoms with Crippen LogP contribution >= 0.6 is 11.6 Å². The molecule has 0 radical (unpaired) electrons. The molecule has 0 unspecified atom stereocenters. The highest BCUT2D eigenvalue weighted by Crippen LogP contribution is 2.21. The van der Waals surface area contributed by atoms with Crippen molar-refractivity contribution in [1.29, 1.82) is 0 Å². The molecule has 0 aliphatic rings. The standard InChI is InChI=1S/C13H18ClNO3/c1-4-18-13(2,3)8-15-12(17)10-7-9(16)5-6-11(10)14/h5-7,16H,4,8H2,1-3H3,(H,15,17). The summed E-state index contributed by atoms with van der Waals surface area (Å²) in [7, 11) is 0. The summed E-state index contributed by atoms with van der Waals surface area (Å²) >= 11 is 5.90. The molecule has 0 aliphatic heterocycles. The summed E-state index contributed by atoms with van der Waals surface area (Å²) in [5.41, 5.74) is -0.183. The Bertz CT molecular complexity index is 432. The fourth-order valence-electron chi connectivity index (χ4n) is 1.52. The molecule has 18 heavy (non-hydrogen) atoms. The molecule has 0 atom stereocenters. The van der Waals surface area contributed by atoms with Crippen LogP contribution in [0.1, 0.15) is 31.1 Å². The van der Waals surface area contributed by atoms with Gasteiger partial charge in [0.15, 0.2) is 0 Å². The number of phenolic OH excluding ortho intramolecular Hbond substituents is 1. The van der Waals surface area contributed by atoms with Gasteiger partial charge in [0, 0.05) is 13.2 Å². The minimum absolute atomic E-state index is 0.00798. The number of benzene rings is 1. The van der Waals surface area contributed by atoms with Crippen molar-refractivity contribution in [2.75, 3.05) is 13.2 Å². The number of aromatic hydroxyl groups is 1. The fraction of sp³-hybridized carbons (Fsp3) is 0.462. The van der Waals surface area contributed by atoms with E-state index in [0.29, 0.717) is 18.2 Å². The zero-order chi connectivity index (χ0) is 13.8. The van der Waals surface area contributed by atoms with Gasteiger partial charge in [-0.3, -0.25) is 4.79 Å². The zero-order valence-corrected chi connectivity index (χ0v) is 11.5. The van der Waals surface area contributed by atoms with Crippen LogP contribution in [0.2, 0.25) is 5.02 Å². The van der Waals surface area contributed by atoms with E-state index in [1.165, 1.54) is 18.2 Å². The van der Waals surface area contributed by atoms with E-state index in [0.717, 1.165) is 0 Å². The summed E-state index contributed by atoms with van der Waals surface area (Å²) < 4.78 is 5.47. The molecule has 4 nitrogen and oxygen atoms in total. The third-order valence-corrected chi connectivity index (χ3v) is 2.73. The first-order valence-electron chi connectivity index (χ1n) is 5.76. The van der Waals surface area contributed by atoms with Crippen molar-refractivity contribution in [3.05, 3.63) is 28.8 Å². The average molecular weight is 272 g/mol. The number of carbonyl (C=O) groups is 1. The van der Waals surface area contributed by atoms with Crippen LogP contribution in [-0.4, -0.2) is 29.8 Å². The van der Waals surface area contributed by atoms with Gasteiger partial charge >= 0.3 is 0 Å². The number of amides is 1. The van der Waals surface area contributed by atoms with Gasteiger partial charge in [-0.1, -0.05) is 11.6 Å². The molecule has 100 valence electrons. The summed E-state index contributed by atoms with van der Waals surface area (Å²) in [6, 6.07) is 4.26. The molecular formula is C13H18ClNO3. The van der Waals surface area contributed by atoms with Gasteiger partial charge < -0.3 is 15.2 Å². The quantitative estimate of drug-likeness (QED) is 0.865. The minimum atomic E-state index is -0.437. The van der Waals surface area contributed by atoms with Crippen LogP contribution in [-0.2, 0) is 4.74 Å². The van der Waals surface area contributed by atoms with Gasteiger partial charge in [0.1, 0.15) is 5.75 Å². The normalized spacial score (nSPS) is 11.3. The molecule has 0 saturated heterocycles. The van der Waals surface area contributed by atoms with Gasteiger partial charge in [0.2, 0.25) is 0 Å². The average Bonchev–Trinajstić information content (AvgIpc) is 2.29. The Kier molecular flexibility index (Phi) is 4.99. The van der Waals surface area contributed by atoms with Crippen molar-refractivity contribution < 1.29 is 14.6 Å². The predicted octanol–water partition coefficient (Wildman–Crippen LogP) is 2.59. The first-order valence-corrected chi connectivity index (χ1v) is 6.14. The maximum Gasteiger partial charge on any atom is 0.253 e. The zero-order valence-electron chi connectivity index (χ0n) is 10.8. The second kappa shape index (κ2) is 6.07. The molecule has 0 heterocycles. The van der Waals surface area contributed by atoms with E-state index < -0.39 is 5.60 Å². The Morgan fingerprint density at radius 2 is 2.17 bits per heavy atom. The highest BCUT2D eigenvalue weighted by atomic mass is 35.5. The molecule has 2 N–H and O–H groups in total. The second-order valence-electron chi connectivity index (χ2n) is 4.54. The van der Waals surface area contributed by atoms with E-state index in [9.17, 15) is 9.90 Å². The van der Waals surface area contributed by atoms with Gasteiger partial charge in [0.25, 0.3) is 5.91 Å². The lowest BCUT2D eigenvalue weighted by Gasteiger charge is -2.24. The number of rotatable bonds is 5. The van der Waals surface area contributed by atoms with E-state index in [1.807, 2.05) is 20.8 Å². The SMILES string of the molecule is CCOC(C)(C)CNC(=O)c1cc(O)ccc1Cl. The third-order valence-electron chi connectivity index (χ3n) is 2.40. The lowest BCUT2D eigenvalue weighted by Crippen LogP contribution is -2.40. The van der Waals surface area contributed by atoms with Crippen LogP contribution in [0.4, 0.5) is 0 Å². The molecular weight excluding hydrogens is 254 g/mol. The first kappa shape index (κ1) is 14.8. The van der Waals surface area contributed by atoms with E-state index in [4.69, 9.17) is 16.3 Å². The fourth-order valence-corrected chi connectivity index (χ4v) is 1.72. The lowest BCUT2D eigenvalue weighted by molar-refractivity contribution is -0.00815. The molecule has 0 saturated carbocycles. The summed E-state index contributed by atoms with van der Waals surface area (Å²) in [6.07, 6.45) is 0. The molecule has 1 aromatic carbocycles. The molecule has 0 fully saturated rings. The van der Waals surface area contributed by atoms with Crippen LogP contribution in [0.15, 0.2) is 18.2 Å². The maximum absolute atomic E-state index is 11.9. The van der Waals surface area contributed by atoms with Gasteiger partial charge in [-0.2, -0.15) is 0 Å². The summed E-state index contributed by atoms with van der Waals surface area (Å²) in [5.74, 6) is -0.322. The molecule has 1 rings (SSSR count).